The van der Waals surface area contributed by atoms with Crippen LogP contribution in [0.5, 0.6) is 0 Å². The molecular formula is C17H31N3. The Morgan fingerprint density at radius 3 is 2.30 bits per heavy atom. The highest BCUT2D eigenvalue weighted by atomic mass is 15.2. The van der Waals surface area contributed by atoms with Crippen molar-refractivity contribution in [1.82, 2.24) is 14.8 Å². The summed E-state index contributed by atoms with van der Waals surface area (Å²) in [6.45, 7) is 18.4. The van der Waals surface area contributed by atoms with Gasteiger partial charge in [0.1, 0.15) is 0 Å². The molecule has 0 spiro atoms. The summed E-state index contributed by atoms with van der Waals surface area (Å²) in [4.78, 5) is 2.63. The van der Waals surface area contributed by atoms with E-state index in [0.29, 0.717) is 6.04 Å². The topological polar surface area (TPSA) is 20.2 Å². The zero-order valence-electron chi connectivity index (χ0n) is 14.1. The van der Waals surface area contributed by atoms with Crippen molar-refractivity contribution in [1.29, 1.82) is 0 Å². The van der Waals surface area contributed by atoms with E-state index in [9.17, 15) is 0 Å². The molecule has 0 atom stereocenters. The summed E-state index contributed by atoms with van der Waals surface area (Å²) in [6.07, 6.45) is 1.14. The molecule has 3 heteroatoms. The molecule has 0 aliphatic carbocycles. The zero-order chi connectivity index (χ0) is 14.9. The number of rotatable bonds is 4. The maximum Gasteiger partial charge on any atom is 0.0279 e. The smallest absolute Gasteiger partial charge is 0.0279 e. The molecule has 0 amide bonds. The molecule has 0 unspecified atom stereocenters. The highest BCUT2D eigenvalue weighted by Crippen LogP contribution is 2.26. The second kappa shape index (κ2) is 5.90. The highest BCUT2D eigenvalue weighted by Gasteiger charge is 2.29. The first-order valence-electron chi connectivity index (χ1n) is 7.96. The van der Waals surface area contributed by atoms with Crippen molar-refractivity contribution in [2.24, 2.45) is 0 Å². The molecule has 114 valence electrons. The van der Waals surface area contributed by atoms with E-state index >= 15 is 0 Å². The maximum absolute atomic E-state index is 3.44. The van der Waals surface area contributed by atoms with Crippen LogP contribution in [-0.4, -0.2) is 41.2 Å². The lowest BCUT2D eigenvalue weighted by Gasteiger charge is -2.41. The van der Waals surface area contributed by atoms with Crippen LogP contribution in [0.4, 0.5) is 0 Å². The fourth-order valence-corrected chi connectivity index (χ4v) is 3.67. The monoisotopic (exact) mass is 277 g/mol. The van der Waals surface area contributed by atoms with Crippen molar-refractivity contribution >= 4 is 0 Å². The second-order valence-corrected chi connectivity index (χ2v) is 7.09. The van der Waals surface area contributed by atoms with Gasteiger partial charge in [-0.25, -0.2) is 0 Å². The van der Waals surface area contributed by atoms with E-state index in [2.05, 4.69) is 62.4 Å². The molecule has 0 saturated carbocycles. The number of aryl methyl sites for hydroxylation is 1. The van der Waals surface area contributed by atoms with Gasteiger partial charge in [-0.05, 0) is 59.6 Å². The lowest BCUT2D eigenvalue weighted by Crippen LogP contribution is -2.54. The quantitative estimate of drug-likeness (QED) is 0.913. The Bertz CT molecular complexity index is 451. The predicted octanol–water partition coefficient (Wildman–Crippen LogP) is 2.91. The lowest BCUT2D eigenvalue weighted by molar-refractivity contribution is 0.103. The third-order valence-electron chi connectivity index (χ3n) is 4.70. The van der Waals surface area contributed by atoms with E-state index in [1.54, 1.807) is 0 Å². The van der Waals surface area contributed by atoms with E-state index in [1.165, 1.54) is 17.0 Å². The Hall–Kier alpha value is -0.800. The van der Waals surface area contributed by atoms with Crippen molar-refractivity contribution in [3.63, 3.8) is 0 Å². The van der Waals surface area contributed by atoms with E-state index in [0.717, 1.165) is 32.6 Å². The third-order valence-corrected chi connectivity index (χ3v) is 4.70. The highest BCUT2D eigenvalue weighted by molar-refractivity contribution is 5.29. The largest absolute Gasteiger partial charge is 0.346 e. The molecule has 1 saturated heterocycles. The van der Waals surface area contributed by atoms with Gasteiger partial charge in [0.15, 0.2) is 0 Å². The number of hydrogen-bond acceptors (Lipinski definition) is 2. The molecule has 1 aromatic rings. The number of nitrogens with one attached hydrogen (secondary N) is 1. The summed E-state index contributed by atoms with van der Waals surface area (Å²) in [5.74, 6) is 0. The molecule has 1 aliphatic heterocycles. The van der Waals surface area contributed by atoms with Gasteiger partial charge in [0, 0.05) is 49.1 Å². The van der Waals surface area contributed by atoms with Gasteiger partial charge < -0.3 is 9.88 Å². The summed E-state index contributed by atoms with van der Waals surface area (Å²) >= 11 is 0. The van der Waals surface area contributed by atoms with Crippen molar-refractivity contribution in [3.8, 4) is 0 Å². The summed E-state index contributed by atoms with van der Waals surface area (Å²) in [5, 5.41) is 3.44. The Labute approximate surface area is 124 Å². The predicted molar refractivity (Wildman–Crippen MR) is 86.5 cm³/mol. The van der Waals surface area contributed by atoms with E-state index in [4.69, 9.17) is 0 Å². The van der Waals surface area contributed by atoms with Crippen LogP contribution in [-0.2, 0) is 6.42 Å². The van der Waals surface area contributed by atoms with Crippen molar-refractivity contribution in [2.45, 2.75) is 59.5 Å². The van der Waals surface area contributed by atoms with Gasteiger partial charge in [0.2, 0.25) is 0 Å². The summed E-state index contributed by atoms with van der Waals surface area (Å²) in [6, 6.07) is 2.94. The number of hydrogen-bond donors (Lipinski definition) is 1. The van der Waals surface area contributed by atoms with Crippen molar-refractivity contribution in [3.05, 3.63) is 23.0 Å². The number of nitrogens with zero attached hydrogens (tertiary/aromatic N) is 2. The standard InChI is InChI=1S/C17H31N3/c1-13(2)20-14(3)11-16(15(20)4)12-17(5,6)19-9-7-18-8-10-19/h11,13,18H,7-10,12H2,1-6H3. The van der Waals surface area contributed by atoms with Crippen LogP contribution in [0.3, 0.4) is 0 Å². The van der Waals surface area contributed by atoms with Gasteiger partial charge in [0.05, 0.1) is 0 Å². The minimum Gasteiger partial charge on any atom is -0.346 e. The first-order valence-corrected chi connectivity index (χ1v) is 7.96. The SMILES string of the molecule is Cc1cc(CC(C)(C)N2CCNCC2)c(C)n1C(C)C. The molecule has 1 N–H and O–H groups in total. The van der Waals surface area contributed by atoms with Crippen LogP contribution in [0.25, 0.3) is 0 Å². The average molecular weight is 277 g/mol. The fraction of sp³-hybridized carbons (Fsp3) is 0.765. The molecule has 0 radical (unpaired) electrons. The van der Waals surface area contributed by atoms with Crippen LogP contribution in [0, 0.1) is 13.8 Å². The Morgan fingerprint density at radius 2 is 1.80 bits per heavy atom. The Balaban J connectivity index is 2.18. The van der Waals surface area contributed by atoms with Crippen molar-refractivity contribution < 1.29 is 0 Å². The van der Waals surface area contributed by atoms with Crippen LogP contribution in [0.1, 0.15) is 50.7 Å². The van der Waals surface area contributed by atoms with Gasteiger partial charge in [-0.15, -0.1) is 0 Å². The molecule has 0 aromatic carbocycles. The molecule has 1 aliphatic rings. The molecule has 2 heterocycles. The number of piperazine rings is 1. The van der Waals surface area contributed by atoms with Gasteiger partial charge in [-0.3, -0.25) is 4.90 Å². The minimum absolute atomic E-state index is 0.239. The molecule has 1 fully saturated rings. The van der Waals surface area contributed by atoms with E-state index in [1.807, 2.05) is 0 Å². The van der Waals surface area contributed by atoms with Gasteiger partial charge in [-0.1, -0.05) is 0 Å². The van der Waals surface area contributed by atoms with Gasteiger partial charge in [-0.2, -0.15) is 0 Å². The molecule has 2 rings (SSSR count). The van der Waals surface area contributed by atoms with Crippen molar-refractivity contribution in [2.75, 3.05) is 26.2 Å². The summed E-state index contributed by atoms with van der Waals surface area (Å²) in [7, 11) is 0. The Morgan fingerprint density at radius 1 is 1.20 bits per heavy atom. The lowest BCUT2D eigenvalue weighted by atomic mass is 9.92. The van der Waals surface area contributed by atoms with E-state index < -0.39 is 0 Å². The maximum atomic E-state index is 3.44. The van der Waals surface area contributed by atoms with Gasteiger partial charge >= 0.3 is 0 Å². The average Bonchev–Trinajstić information content (AvgIpc) is 2.64. The second-order valence-electron chi connectivity index (χ2n) is 7.09. The normalized spacial score (nSPS) is 17.9. The third kappa shape index (κ3) is 3.09. The first kappa shape index (κ1) is 15.6. The van der Waals surface area contributed by atoms with Crippen LogP contribution >= 0.6 is 0 Å². The van der Waals surface area contributed by atoms with Crippen LogP contribution in [0.15, 0.2) is 6.07 Å². The molecule has 0 bridgehead atoms. The fourth-order valence-electron chi connectivity index (χ4n) is 3.67. The van der Waals surface area contributed by atoms with Crippen LogP contribution < -0.4 is 5.32 Å². The van der Waals surface area contributed by atoms with Gasteiger partial charge in [0.25, 0.3) is 0 Å². The molecular weight excluding hydrogens is 246 g/mol. The molecule has 20 heavy (non-hydrogen) atoms. The summed E-state index contributed by atoms with van der Waals surface area (Å²) < 4.78 is 2.46. The Kier molecular flexibility index (Phi) is 4.60. The molecule has 1 aromatic heterocycles. The minimum atomic E-state index is 0.239. The number of aromatic nitrogens is 1. The molecule has 3 nitrogen and oxygen atoms in total. The van der Waals surface area contributed by atoms with Crippen LogP contribution in [0.2, 0.25) is 0 Å². The van der Waals surface area contributed by atoms with E-state index in [-0.39, 0.29) is 5.54 Å². The zero-order valence-corrected chi connectivity index (χ0v) is 14.1. The first-order chi connectivity index (χ1) is 9.33. The summed E-state index contributed by atoms with van der Waals surface area (Å²) in [5.41, 5.74) is 4.59.